The van der Waals surface area contributed by atoms with E-state index in [2.05, 4.69) is 41.5 Å². The van der Waals surface area contributed by atoms with Crippen LogP contribution in [0.15, 0.2) is 8.83 Å². The zero-order valence-electron chi connectivity index (χ0n) is 36.5. The van der Waals surface area contributed by atoms with E-state index >= 15 is 0 Å². The minimum absolute atomic E-state index is 0.0409. The maximum absolute atomic E-state index is 12.7. The fourth-order valence-corrected chi connectivity index (χ4v) is 7.80. The van der Waals surface area contributed by atoms with Gasteiger partial charge < -0.3 is 28.9 Å². The van der Waals surface area contributed by atoms with Crippen LogP contribution in [-0.4, -0.2) is 49.3 Å². The summed E-state index contributed by atoms with van der Waals surface area (Å²) < 4.78 is 45.3. The predicted octanol–water partition coefficient (Wildman–Crippen LogP) is 11.4. The number of phosphoric acid groups is 1. The Bertz CT molecular complexity index is 1450. The lowest BCUT2D eigenvalue weighted by atomic mass is 10.0. The van der Waals surface area contributed by atoms with Crippen LogP contribution in [0.1, 0.15) is 188 Å². The molecular formula is C45H78NO10P. The van der Waals surface area contributed by atoms with Crippen LogP contribution < -0.4 is 5.73 Å². The molecule has 0 amide bonds. The highest BCUT2D eigenvalue weighted by atomic mass is 31.2. The van der Waals surface area contributed by atoms with E-state index in [-0.39, 0.29) is 32.6 Å². The van der Waals surface area contributed by atoms with Crippen LogP contribution in [-0.2, 0) is 58.4 Å². The van der Waals surface area contributed by atoms with Gasteiger partial charge in [0.2, 0.25) is 0 Å². The van der Waals surface area contributed by atoms with Crippen molar-refractivity contribution in [2.24, 2.45) is 5.73 Å². The van der Waals surface area contributed by atoms with Crippen LogP contribution in [0.3, 0.4) is 0 Å². The molecule has 2 aromatic heterocycles. The molecule has 0 aliphatic rings. The molecular weight excluding hydrogens is 745 g/mol. The second kappa shape index (κ2) is 29.7. The Hall–Kier alpha value is -2.43. The fraction of sp³-hybridized carbons (Fsp3) is 0.778. The van der Waals surface area contributed by atoms with E-state index in [1.807, 2.05) is 0 Å². The van der Waals surface area contributed by atoms with Crippen molar-refractivity contribution in [3.8, 4) is 0 Å². The SMILES string of the molecule is CCCCCc1oc(CCCCCCCCC(=O)O[C@H](COC(=O)CCCCCCCCCCc2oc(CCC)c(C)c2C)COP(=O)(O)OCCN)c(C)c1C. The lowest BCUT2D eigenvalue weighted by molar-refractivity contribution is -0.161. The lowest BCUT2D eigenvalue weighted by Gasteiger charge is -2.19. The lowest BCUT2D eigenvalue weighted by Crippen LogP contribution is -2.29. The number of rotatable bonds is 35. The van der Waals surface area contributed by atoms with E-state index in [0.29, 0.717) is 12.8 Å². The Kier molecular flexibility index (Phi) is 26.4. The summed E-state index contributed by atoms with van der Waals surface area (Å²) in [5.74, 6) is 3.68. The maximum atomic E-state index is 12.7. The number of aryl methyl sites for hydroxylation is 4. The number of hydrogen-bond acceptors (Lipinski definition) is 10. The van der Waals surface area contributed by atoms with Gasteiger partial charge in [-0.3, -0.25) is 18.6 Å². The molecule has 0 spiro atoms. The Morgan fingerprint density at radius 3 is 1.46 bits per heavy atom. The van der Waals surface area contributed by atoms with E-state index < -0.39 is 32.5 Å². The summed E-state index contributed by atoms with van der Waals surface area (Å²) in [6.45, 7) is 12.2. The summed E-state index contributed by atoms with van der Waals surface area (Å²) in [7, 11) is -4.40. The van der Waals surface area contributed by atoms with Crippen LogP contribution in [0, 0.1) is 27.7 Å². The molecule has 0 fully saturated rings. The van der Waals surface area contributed by atoms with Gasteiger partial charge in [0.05, 0.1) is 13.2 Å². The normalized spacial score (nSPS) is 13.2. The van der Waals surface area contributed by atoms with Gasteiger partial charge in [-0.25, -0.2) is 4.57 Å². The van der Waals surface area contributed by atoms with Gasteiger partial charge in [-0.05, 0) is 88.5 Å². The second-order valence-corrected chi connectivity index (χ2v) is 17.2. The van der Waals surface area contributed by atoms with E-state index in [1.165, 1.54) is 60.8 Å². The molecule has 2 aromatic rings. The summed E-state index contributed by atoms with van der Waals surface area (Å²) in [6.07, 6.45) is 22.4. The van der Waals surface area contributed by atoms with Crippen molar-refractivity contribution in [1.29, 1.82) is 0 Å². The molecule has 0 radical (unpaired) electrons. The smallest absolute Gasteiger partial charge is 0.466 e. The molecule has 0 saturated carbocycles. The van der Waals surface area contributed by atoms with Gasteiger partial charge in [-0.1, -0.05) is 90.9 Å². The minimum Gasteiger partial charge on any atom is -0.466 e. The number of nitrogens with two attached hydrogens (primary N) is 1. The van der Waals surface area contributed by atoms with Gasteiger partial charge >= 0.3 is 19.8 Å². The molecule has 2 atom stereocenters. The molecule has 12 heteroatoms. The Morgan fingerprint density at radius 1 is 0.579 bits per heavy atom. The van der Waals surface area contributed by atoms with Crippen molar-refractivity contribution >= 4 is 19.8 Å². The fourth-order valence-electron chi connectivity index (χ4n) is 7.04. The third kappa shape index (κ3) is 21.4. The highest BCUT2D eigenvalue weighted by Crippen LogP contribution is 2.43. The molecule has 0 aromatic carbocycles. The van der Waals surface area contributed by atoms with Crippen molar-refractivity contribution in [1.82, 2.24) is 0 Å². The minimum atomic E-state index is -4.40. The number of phosphoric ester groups is 1. The first-order chi connectivity index (χ1) is 27.4. The van der Waals surface area contributed by atoms with Gasteiger partial charge in [0.1, 0.15) is 29.6 Å². The molecule has 11 nitrogen and oxygen atoms in total. The maximum Gasteiger partial charge on any atom is 0.472 e. The summed E-state index contributed by atoms with van der Waals surface area (Å²) in [4.78, 5) is 35.1. The number of furan rings is 2. The number of carbonyl (C=O) groups excluding carboxylic acids is 2. The number of ether oxygens (including phenoxy) is 2. The van der Waals surface area contributed by atoms with E-state index in [1.54, 1.807) is 0 Å². The number of unbranched alkanes of at least 4 members (excludes halogenated alkanes) is 14. The first-order valence-corrected chi connectivity index (χ1v) is 23.7. The molecule has 0 aliphatic carbocycles. The van der Waals surface area contributed by atoms with Gasteiger partial charge in [0.25, 0.3) is 0 Å². The zero-order valence-corrected chi connectivity index (χ0v) is 37.4. The van der Waals surface area contributed by atoms with Gasteiger partial charge in [0.15, 0.2) is 6.10 Å². The van der Waals surface area contributed by atoms with Gasteiger partial charge in [-0.2, -0.15) is 0 Å². The Morgan fingerprint density at radius 2 is 1.00 bits per heavy atom. The van der Waals surface area contributed by atoms with E-state index in [4.69, 9.17) is 33.1 Å². The second-order valence-electron chi connectivity index (χ2n) is 15.7. The molecule has 1 unspecified atom stereocenters. The number of esters is 2. The summed E-state index contributed by atoms with van der Waals surface area (Å²) in [5, 5.41) is 0. The van der Waals surface area contributed by atoms with E-state index in [0.717, 1.165) is 113 Å². The van der Waals surface area contributed by atoms with Crippen LogP contribution in [0.25, 0.3) is 0 Å². The largest absolute Gasteiger partial charge is 0.472 e. The topological polar surface area (TPSA) is 161 Å². The summed E-state index contributed by atoms with van der Waals surface area (Å²) in [6, 6.07) is 0. The van der Waals surface area contributed by atoms with Crippen molar-refractivity contribution < 1.29 is 46.4 Å². The third-order valence-electron chi connectivity index (χ3n) is 10.9. The zero-order chi connectivity index (χ0) is 41.9. The van der Waals surface area contributed by atoms with Crippen molar-refractivity contribution in [3.63, 3.8) is 0 Å². The molecule has 3 N–H and O–H groups in total. The van der Waals surface area contributed by atoms with Gasteiger partial charge in [0, 0.05) is 45.1 Å². The molecule has 57 heavy (non-hydrogen) atoms. The van der Waals surface area contributed by atoms with Crippen LogP contribution in [0.4, 0.5) is 0 Å². The van der Waals surface area contributed by atoms with Crippen LogP contribution >= 0.6 is 7.82 Å². The standard InChI is InChI=1S/C45H78NO10P/c1-7-9-20-26-41-37(5)38(6)43(56-41)28-22-17-14-15-19-24-30-45(48)54-39(34-53-57(49,50)52-32-31-46)33-51-44(47)29-23-18-13-11-10-12-16-21-27-42-36(4)35(3)40(55-42)25-8-2/h39H,7-34,46H2,1-6H3,(H,49,50)/t39-/m1/s1. The van der Waals surface area contributed by atoms with E-state index in [9.17, 15) is 19.0 Å². The number of carbonyl (C=O) groups is 2. The monoisotopic (exact) mass is 824 g/mol. The number of hydrogen-bond donors (Lipinski definition) is 2. The Balaban J connectivity index is 1.61. The van der Waals surface area contributed by atoms with Crippen molar-refractivity contribution in [3.05, 3.63) is 45.3 Å². The van der Waals surface area contributed by atoms with Crippen molar-refractivity contribution in [2.45, 2.75) is 202 Å². The molecule has 0 bridgehead atoms. The first kappa shape index (κ1) is 50.7. The first-order valence-electron chi connectivity index (χ1n) is 22.2. The summed E-state index contributed by atoms with van der Waals surface area (Å²) in [5.41, 5.74) is 10.6. The molecule has 2 heterocycles. The van der Waals surface area contributed by atoms with Gasteiger partial charge in [-0.15, -0.1) is 0 Å². The van der Waals surface area contributed by atoms with Crippen LogP contribution in [0.2, 0.25) is 0 Å². The highest BCUT2D eigenvalue weighted by Gasteiger charge is 2.26. The molecule has 0 aliphatic heterocycles. The predicted molar refractivity (Wildman–Crippen MR) is 226 cm³/mol. The molecule has 328 valence electrons. The third-order valence-corrected chi connectivity index (χ3v) is 11.9. The van der Waals surface area contributed by atoms with Crippen LogP contribution in [0.5, 0.6) is 0 Å². The Labute approximate surface area is 344 Å². The quantitative estimate of drug-likeness (QED) is 0.0387. The van der Waals surface area contributed by atoms with Crippen molar-refractivity contribution in [2.75, 3.05) is 26.4 Å². The average molecular weight is 824 g/mol. The summed E-state index contributed by atoms with van der Waals surface area (Å²) >= 11 is 0. The molecule has 2 rings (SSSR count). The average Bonchev–Trinajstić information content (AvgIpc) is 3.61. The molecule has 0 saturated heterocycles. The highest BCUT2D eigenvalue weighted by molar-refractivity contribution is 7.47.